The lowest BCUT2D eigenvalue weighted by Crippen LogP contribution is -2.36. The van der Waals surface area contributed by atoms with Gasteiger partial charge < -0.3 is 4.74 Å². The van der Waals surface area contributed by atoms with Crippen molar-refractivity contribution >= 4 is 44.7 Å². The van der Waals surface area contributed by atoms with E-state index in [0.717, 1.165) is 52.7 Å². The number of nitrogens with zero attached hydrogens (tertiary/aromatic N) is 4. The number of carbonyl (C=O) groups excluding carboxylic acids is 1. The van der Waals surface area contributed by atoms with Crippen molar-refractivity contribution in [2.24, 2.45) is 11.0 Å². The summed E-state index contributed by atoms with van der Waals surface area (Å²) in [6, 6.07) is 19.1. The highest BCUT2D eigenvalue weighted by Crippen LogP contribution is 2.39. The van der Waals surface area contributed by atoms with Crippen LogP contribution in [0.4, 0.5) is 21.9 Å². The van der Waals surface area contributed by atoms with Gasteiger partial charge in [-0.1, -0.05) is 47.3 Å². The number of rotatable bonds is 6. The maximum absolute atomic E-state index is 14.1. The van der Waals surface area contributed by atoms with E-state index < -0.39 is 4.92 Å². The van der Waals surface area contributed by atoms with Gasteiger partial charge in [-0.2, -0.15) is 5.10 Å². The number of hydrogen-bond acceptors (Lipinski definition) is 5. The number of nitro benzene ring substituents is 1. The molecule has 0 spiro atoms. The summed E-state index contributed by atoms with van der Waals surface area (Å²) in [6.07, 6.45) is 5.51. The molecular formula is C28H27BrN4O4. The zero-order chi connectivity index (χ0) is 25.9. The monoisotopic (exact) mass is 562 g/mol. The smallest absolute Gasteiger partial charge is 0.349 e. The zero-order valence-corrected chi connectivity index (χ0v) is 22.1. The lowest BCUT2D eigenvalue weighted by atomic mass is 9.83. The van der Waals surface area contributed by atoms with Gasteiger partial charge in [0, 0.05) is 28.1 Å². The molecule has 2 amide bonds. The van der Waals surface area contributed by atoms with E-state index in [0.29, 0.717) is 11.4 Å². The number of methoxy groups -OCH3 is 1. The number of anilines is 2. The summed E-state index contributed by atoms with van der Waals surface area (Å²) in [5, 5.41) is 17.8. The standard InChI is InChI=1S/C28H27BrN4O4/c1-37-24-14-7-19(8-15-24)18-31-28(34)32(22-10-12-23(13-11-22)33(35)36)26-16-9-21(29)17-25(26)27(30-31)20-5-3-2-4-6-20/h7-17,20H,2-6,18H2,1H3. The molecule has 0 atom stereocenters. The number of halogens is 1. The van der Waals surface area contributed by atoms with Gasteiger partial charge in [0.1, 0.15) is 5.75 Å². The Hall–Kier alpha value is -3.72. The first kappa shape index (κ1) is 25.0. The highest BCUT2D eigenvalue weighted by Gasteiger charge is 2.34. The first-order chi connectivity index (χ1) is 17.9. The lowest BCUT2D eigenvalue weighted by molar-refractivity contribution is -0.384. The molecule has 8 nitrogen and oxygen atoms in total. The third kappa shape index (κ3) is 5.22. The highest BCUT2D eigenvalue weighted by molar-refractivity contribution is 9.10. The van der Waals surface area contributed by atoms with Gasteiger partial charge in [0.25, 0.3) is 5.69 Å². The van der Waals surface area contributed by atoms with Crippen molar-refractivity contribution in [3.63, 3.8) is 0 Å². The molecule has 1 aliphatic heterocycles. The predicted octanol–water partition coefficient (Wildman–Crippen LogP) is 7.42. The Kier molecular flexibility index (Phi) is 7.23. The molecule has 2 aliphatic rings. The van der Waals surface area contributed by atoms with Crippen LogP contribution in [-0.4, -0.2) is 28.8 Å². The number of nitro groups is 1. The van der Waals surface area contributed by atoms with Crippen LogP contribution in [-0.2, 0) is 6.54 Å². The molecule has 1 fully saturated rings. The van der Waals surface area contributed by atoms with Crippen LogP contribution in [0, 0.1) is 16.0 Å². The molecule has 37 heavy (non-hydrogen) atoms. The van der Waals surface area contributed by atoms with E-state index in [1.165, 1.54) is 23.6 Å². The van der Waals surface area contributed by atoms with Gasteiger partial charge in [0.2, 0.25) is 0 Å². The van der Waals surface area contributed by atoms with Crippen LogP contribution in [0.1, 0.15) is 43.2 Å². The zero-order valence-electron chi connectivity index (χ0n) is 20.5. The first-order valence-electron chi connectivity index (χ1n) is 12.3. The van der Waals surface area contributed by atoms with Crippen LogP contribution in [0.15, 0.2) is 76.3 Å². The molecule has 9 heteroatoms. The third-order valence-electron chi connectivity index (χ3n) is 6.92. The molecule has 3 aromatic rings. The van der Waals surface area contributed by atoms with Crippen LogP contribution in [0.5, 0.6) is 5.75 Å². The van der Waals surface area contributed by atoms with Gasteiger partial charge in [-0.05, 0) is 60.9 Å². The van der Waals surface area contributed by atoms with Crippen molar-refractivity contribution in [3.05, 3.63) is 92.4 Å². The van der Waals surface area contributed by atoms with E-state index in [1.807, 2.05) is 42.5 Å². The van der Waals surface area contributed by atoms with Crippen molar-refractivity contribution in [2.45, 2.75) is 38.6 Å². The van der Waals surface area contributed by atoms with Gasteiger partial charge >= 0.3 is 6.03 Å². The highest BCUT2D eigenvalue weighted by atomic mass is 79.9. The Morgan fingerprint density at radius 3 is 2.38 bits per heavy atom. The summed E-state index contributed by atoms with van der Waals surface area (Å²) < 4.78 is 6.18. The quantitative estimate of drug-likeness (QED) is 0.231. The summed E-state index contributed by atoms with van der Waals surface area (Å²) in [5.74, 6) is 0.979. The van der Waals surface area contributed by atoms with Gasteiger partial charge in [-0.15, -0.1) is 0 Å². The molecule has 0 bridgehead atoms. The summed E-state index contributed by atoms with van der Waals surface area (Å²) in [5.41, 5.74) is 3.93. The lowest BCUT2D eigenvalue weighted by Gasteiger charge is -2.27. The molecule has 0 saturated heterocycles. The molecule has 0 unspecified atom stereocenters. The molecule has 3 aromatic carbocycles. The van der Waals surface area contributed by atoms with E-state index in [-0.39, 0.29) is 24.2 Å². The molecule has 0 aromatic heterocycles. The van der Waals surface area contributed by atoms with Crippen molar-refractivity contribution < 1.29 is 14.5 Å². The number of hydrogen-bond donors (Lipinski definition) is 0. The van der Waals surface area contributed by atoms with E-state index in [1.54, 1.807) is 24.1 Å². The number of carbonyl (C=O) groups is 1. The Bertz CT molecular complexity index is 1340. The van der Waals surface area contributed by atoms with Gasteiger partial charge in [0.15, 0.2) is 0 Å². The minimum atomic E-state index is -0.445. The molecule has 1 aliphatic carbocycles. The summed E-state index contributed by atoms with van der Waals surface area (Å²) >= 11 is 3.61. The normalized spacial score (nSPS) is 16.2. The number of fused-ring (bicyclic) bond motifs is 1. The number of non-ortho nitro benzene ring substituents is 1. The van der Waals surface area contributed by atoms with Crippen LogP contribution >= 0.6 is 15.9 Å². The third-order valence-corrected chi connectivity index (χ3v) is 7.41. The van der Waals surface area contributed by atoms with Gasteiger partial charge in [-0.25, -0.2) is 9.80 Å². The average molecular weight is 563 g/mol. The fourth-order valence-electron chi connectivity index (χ4n) is 5.01. The second kappa shape index (κ2) is 10.7. The Morgan fingerprint density at radius 2 is 1.73 bits per heavy atom. The summed E-state index contributed by atoms with van der Waals surface area (Å²) in [4.78, 5) is 26.6. The largest absolute Gasteiger partial charge is 0.497 e. The second-order valence-corrected chi connectivity index (χ2v) is 10.2. The molecule has 1 saturated carbocycles. The maximum atomic E-state index is 14.1. The van der Waals surface area contributed by atoms with Crippen molar-refractivity contribution in [1.82, 2.24) is 5.01 Å². The van der Waals surface area contributed by atoms with Crippen LogP contribution in [0.2, 0.25) is 0 Å². The molecule has 190 valence electrons. The number of hydrazone groups is 1. The van der Waals surface area contributed by atoms with E-state index in [9.17, 15) is 14.9 Å². The van der Waals surface area contributed by atoms with Gasteiger partial charge in [-0.3, -0.25) is 15.0 Å². The molecular weight excluding hydrogens is 536 g/mol. The van der Waals surface area contributed by atoms with E-state index >= 15 is 0 Å². The van der Waals surface area contributed by atoms with Crippen molar-refractivity contribution in [3.8, 4) is 5.75 Å². The molecule has 1 heterocycles. The minimum absolute atomic E-state index is 0.0312. The number of amides is 2. The minimum Gasteiger partial charge on any atom is -0.497 e. The van der Waals surface area contributed by atoms with E-state index in [4.69, 9.17) is 9.84 Å². The second-order valence-electron chi connectivity index (χ2n) is 9.28. The SMILES string of the molecule is COc1ccc(CN2N=C(C3CCCCC3)c3cc(Br)ccc3N(c3ccc([N+](=O)[O-])cc3)C2=O)cc1. The summed E-state index contributed by atoms with van der Waals surface area (Å²) in [6.45, 7) is 0.275. The molecule has 0 N–H and O–H groups in total. The van der Waals surface area contributed by atoms with Gasteiger partial charge in [0.05, 0.1) is 35.7 Å². The molecule has 0 radical (unpaired) electrons. The Balaban J connectivity index is 1.64. The first-order valence-corrected chi connectivity index (χ1v) is 13.1. The number of urea groups is 1. The van der Waals surface area contributed by atoms with Crippen molar-refractivity contribution in [1.29, 1.82) is 0 Å². The number of ether oxygens (including phenoxy) is 1. The topological polar surface area (TPSA) is 88.3 Å². The maximum Gasteiger partial charge on any atom is 0.349 e. The fraction of sp³-hybridized carbons (Fsp3) is 0.286. The Morgan fingerprint density at radius 1 is 1.03 bits per heavy atom. The predicted molar refractivity (Wildman–Crippen MR) is 146 cm³/mol. The number of benzene rings is 3. The summed E-state index contributed by atoms with van der Waals surface area (Å²) in [7, 11) is 1.62. The van der Waals surface area contributed by atoms with E-state index in [2.05, 4.69) is 15.9 Å². The Labute approximate surface area is 223 Å². The van der Waals surface area contributed by atoms with Crippen LogP contribution in [0.25, 0.3) is 0 Å². The molecule has 5 rings (SSSR count). The average Bonchev–Trinajstić information content (AvgIpc) is 3.04. The van der Waals surface area contributed by atoms with Crippen LogP contribution in [0.3, 0.4) is 0 Å². The fourth-order valence-corrected chi connectivity index (χ4v) is 5.37. The van der Waals surface area contributed by atoms with Crippen molar-refractivity contribution in [2.75, 3.05) is 12.0 Å². The van der Waals surface area contributed by atoms with Crippen LogP contribution < -0.4 is 9.64 Å².